The summed E-state index contributed by atoms with van der Waals surface area (Å²) in [7, 11) is -10.0. The monoisotopic (exact) mass is 1440 g/mol. The number of ether oxygens (including phenoxy) is 4. The van der Waals surface area contributed by atoms with Crippen LogP contribution >= 0.6 is 15.6 Å². The van der Waals surface area contributed by atoms with E-state index < -0.39 is 97.5 Å². The van der Waals surface area contributed by atoms with Crippen molar-refractivity contribution in [1.82, 2.24) is 0 Å². The quantitative estimate of drug-likeness (QED) is 0.0169. The highest BCUT2D eigenvalue weighted by Gasteiger charge is 2.30. The molecule has 0 spiro atoms. The summed E-state index contributed by atoms with van der Waals surface area (Å²) in [6.45, 7) is 4.24. The maximum atomic E-state index is 13.1. The molecule has 0 radical (unpaired) electrons. The highest BCUT2D eigenvalue weighted by atomic mass is 31.2. The summed E-state index contributed by atoms with van der Waals surface area (Å²) in [5.41, 5.74) is 0. The van der Waals surface area contributed by atoms with Crippen LogP contribution in [0.1, 0.15) is 259 Å². The summed E-state index contributed by atoms with van der Waals surface area (Å²) >= 11 is 0. The third kappa shape index (κ3) is 70.8. The van der Waals surface area contributed by atoms with E-state index in [1.165, 1.54) is 0 Å². The van der Waals surface area contributed by atoms with Gasteiger partial charge < -0.3 is 33.8 Å². The number of carbonyl (C=O) groups is 4. The Morgan fingerprint density at radius 1 is 0.300 bits per heavy atom. The predicted molar refractivity (Wildman–Crippen MR) is 408 cm³/mol. The zero-order valence-electron chi connectivity index (χ0n) is 61.5. The Morgan fingerprint density at radius 3 is 0.910 bits per heavy atom. The largest absolute Gasteiger partial charge is 0.472 e. The van der Waals surface area contributed by atoms with Crippen molar-refractivity contribution in [2.75, 3.05) is 39.6 Å². The molecule has 0 rings (SSSR count). The standard InChI is InChI=1S/C81H130O17P2/c1-5-9-13-17-21-25-29-33-36-37-40-43-46-50-54-58-62-66-79(84)92-71-76(97-80(85)67-63-59-55-51-47-41-32-28-24-20-16-12-8-4)73-95-99(87,88)93-69-75(82)70-94-100(89,90)96-74-77(98-81(86)68-64-60-56-52-48-44-39-35-31-27-23-19-15-11-7-3)72-91-78(83)65-61-57-53-49-45-42-38-34-30-26-22-18-14-10-6-2/h9-11,13-16,20-23,25-28,32-36,38-39,45,48-49,52,57,61,75-77,82H,5-8,12,17-19,24,29-31,37,40-44,46-47,50-51,53-56,58-60,62-74H2,1-4H3,(H,87,88)(H,89,90)/b13-9-,14-10-,15-11-,20-16-,25-21-,26-22-,27-23-,32-28-,36-33-,38-34-,39-35-,49-45-,52-48-,61-57-. The normalized spacial score (nSPS) is 14.9. The lowest BCUT2D eigenvalue weighted by Crippen LogP contribution is -2.30. The molecule has 0 saturated heterocycles. The summed E-state index contributed by atoms with van der Waals surface area (Å²) in [5, 5.41) is 10.6. The Labute approximate surface area is 603 Å². The fraction of sp³-hybridized carbons (Fsp3) is 0.605. The fourth-order valence-corrected chi connectivity index (χ4v) is 10.7. The first-order valence-corrected chi connectivity index (χ1v) is 40.4. The number of hydrogen-bond acceptors (Lipinski definition) is 15. The van der Waals surface area contributed by atoms with Gasteiger partial charge in [-0.15, -0.1) is 0 Å². The van der Waals surface area contributed by atoms with E-state index in [1.54, 1.807) is 6.08 Å². The first-order chi connectivity index (χ1) is 48.7. The smallest absolute Gasteiger partial charge is 0.462 e. The van der Waals surface area contributed by atoms with Gasteiger partial charge in [0.2, 0.25) is 0 Å². The lowest BCUT2D eigenvalue weighted by atomic mass is 10.1. The lowest BCUT2D eigenvalue weighted by molar-refractivity contribution is -0.161. The Bertz CT molecular complexity index is 2570. The Hall–Kier alpha value is -5.58. The van der Waals surface area contributed by atoms with Crippen LogP contribution in [0, 0.1) is 0 Å². The van der Waals surface area contributed by atoms with E-state index in [0.717, 1.165) is 173 Å². The molecule has 19 heteroatoms. The molecule has 566 valence electrons. The number of esters is 4. The van der Waals surface area contributed by atoms with Crippen molar-refractivity contribution in [3.63, 3.8) is 0 Å². The van der Waals surface area contributed by atoms with Gasteiger partial charge in [0.1, 0.15) is 19.3 Å². The van der Waals surface area contributed by atoms with Crippen molar-refractivity contribution >= 4 is 39.5 Å². The minimum absolute atomic E-state index is 0.0167. The molecule has 0 amide bonds. The van der Waals surface area contributed by atoms with E-state index >= 15 is 0 Å². The van der Waals surface area contributed by atoms with Gasteiger partial charge in [-0.1, -0.05) is 256 Å². The molecule has 0 aromatic carbocycles. The van der Waals surface area contributed by atoms with Crippen molar-refractivity contribution in [1.29, 1.82) is 0 Å². The van der Waals surface area contributed by atoms with E-state index in [4.69, 9.17) is 37.0 Å². The molecule has 100 heavy (non-hydrogen) atoms. The lowest BCUT2D eigenvalue weighted by Gasteiger charge is -2.21. The average molecular weight is 1440 g/mol. The molecule has 5 unspecified atom stereocenters. The highest BCUT2D eigenvalue weighted by molar-refractivity contribution is 7.47. The molecule has 0 heterocycles. The van der Waals surface area contributed by atoms with Gasteiger partial charge in [-0.25, -0.2) is 9.13 Å². The van der Waals surface area contributed by atoms with Crippen molar-refractivity contribution in [2.45, 2.75) is 277 Å². The molecular weight excluding hydrogens is 1310 g/mol. The summed E-state index contributed by atoms with van der Waals surface area (Å²) in [6.07, 6.45) is 83.9. The predicted octanol–water partition coefficient (Wildman–Crippen LogP) is 21.4. The zero-order valence-corrected chi connectivity index (χ0v) is 63.3. The molecule has 3 N–H and O–H groups in total. The summed E-state index contributed by atoms with van der Waals surface area (Å²) < 4.78 is 68.2. The van der Waals surface area contributed by atoms with Gasteiger partial charge >= 0.3 is 39.5 Å². The molecule has 0 fully saturated rings. The van der Waals surface area contributed by atoms with Crippen LogP contribution in [-0.4, -0.2) is 96.7 Å². The SMILES string of the molecule is CC/C=C\C/C=C\C/C=C\C/C=C\C/C=C\CC(=O)OCC(COP(=O)(O)OCC(O)COP(=O)(O)OCC(COC(=O)CCCCCCCCC/C=C\C/C=C\C/C=C\CC)OC(=O)CCCCCCC/C=C\C/C=C\CCC)OC(=O)CCCC/C=C\C/C=C\C/C=C\C/C=C\CC. The van der Waals surface area contributed by atoms with E-state index in [2.05, 4.69) is 167 Å². The second-order valence-corrected chi connectivity index (χ2v) is 27.0. The zero-order chi connectivity index (χ0) is 73.2. The molecular formula is C81H130O17P2. The third-order valence-corrected chi connectivity index (χ3v) is 16.6. The van der Waals surface area contributed by atoms with Crippen LogP contribution in [0.2, 0.25) is 0 Å². The van der Waals surface area contributed by atoms with Gasteiger partial charge in [0, 0.05) is 19.3 Å². The van der Waals surface area contributed by atoms with Crippen molar-refractivity contribution in [3.8, 4) is 0 Å². The number of aliphatic hydroxyl groups excluding tert-OH is 1. The Morgan fingerprint density at radius 2 is 0.560 bits per heavy atom. The van der Waals surface area contributed by atoms with Crippen molar-refractivity contribution < 1.29 is 80.2 Å². The molecule has 17 nitrogen and oxygen atoms in total. The maximum Gasteiger partial charge on any atom is 0.472 e. The van der Waals surface area contributed by atoms with Gasteiger partial charge in [0.25, 0.3) is 0 Å². The number of aliphatic hydroxyl groups is 1. The van der Waals surface area contributed by atoms with Crippen LogP contribution < -0.4 is 0 Å². The van der Waals surface area contributed by atoms with E-state index in [9.17, 15) is 43.2 Å². The molecule has 0 saturated carbocycles. The second-order valence-electron chi connectivity index (χ2n) is 24.1. The van der Waals surface area contributed by atoms with E-state index in [1.807, 2.05) is 24.3 Å². The first-order valence-electron chi connectivity index (χ1n) is 37.4. The number of phosphoric acid groups is 2. The summed E-state index contributed by atoms with van der Waals surface area (Å²) in [4.78, 5) is 72.8. The van der Waals surface area contributed by atoms with Crippen molar-refractivity contribution in [3.05, 3.63) is 170 Å². The van der Waals surface area contributed by atoms with E-state index in [0.29, 0.717) is 32.1 Å². The number of hydrogen-bond donors (Lipinski definition) is 3. The number of unbranched alkanes of at least 4 members (excludes halogenated alkanes) is 15. The number of rotatable bonds is 68. The van der Waals surface area contributed by atoms with Gasteiger partial charge in [-0.2, -0.15) is 0 Å². The molecule has 0 bridgehead atoms. The van der Waals surface area contributed by atoms with Crippen LogP contribution in [0.15, 0.2) is 170 Å². The van der Waals surface area contributed by atoms with Gasteiger partial charge in [-0.3, -0.25) is 37.3 Å². The highest BCUT2D eigenvalue weighted by Crippen LogP contribution is 2.45. The van der Waals surface area contributed by atoms with Crippen LogP contribution in [0.25, 0.3) is 0 Å². The van der Waals surface area contributed by atoms with Crippen LogP contribution in [-0.2, 0) is 65.4 Å². The molecule has 0 aliphatic carbocycles. The molecule has 0 aromatic heterocycles. The first kappa shape index (κ1) is 94.4. The Kier molecular flexibility index (Phi) is 67.8. The summed E-state index contributed by atoms with van der Waals surface area (Å²) in [5.74, 6) is -2.42. The molecule has 5 atom stereocenters. The topological polar surface area (TPSA) is 237 Å². The van der Waals surface area contributed by atoms with Crippen molar-refractivity contribution in [2.24, 2.45) is 0 Å². The summed E-state index contributed by atoms with van der Waals surface area (Å²) in [6, 6.07) is 0. The average Bonchev–Trinajstić information content (AvgIpc) is 0.988. The van der Waals surface area contributed by atoms with E-state index in [-0.39, 0.29) is 25.7 Å². The minimum atomic E-state index is -5.01. The third-order valence-electron chi connectivity index (χ3n) is 14.7. The van der Waals surface area contributed by atoms with Gasteiger partial charge in [0.05, 0.1) is 32.8 Å². The molecule has 0 aromatic rings. The van der Waals surface area contributed by atoms with Crippen LogP contribution in [0.4, 0.5) is 0 Å². The number of phosphoric ester groups is 2. The fourth-order valence-electron chi connectivity index (χ4n) is 9.10. The Balaban J connectivity index is 5.47. The minimum Gasteiger partial charge on any atom is -0.462 e. The van der Waals surface area contributed by atoms with Crippen LogP contribution in [0.3, 0.4) is 0 Å². The number of allylic oxidation sites excluding steroid dienone is 27. The van der Waals surface area contributed by atoms with Gasteiger partial charge in [-0.05, 0) is 148 Å². The maximum absolute atomic E-state index is 13.1. The van der Waals surface area contributed by atoms with Crippen LogP contribution in [0.5, 0.6) is 0 Å². The molecule has 0 aliphatic heterocycles. The second kappa shape index (κ2) is 71.8. The number of carbonyl (C=O) groups excluding carboxylic acids is 4. The van der Waals surface area contributed by atoms with Gasteiger partial charge in [0.15, 0.2) is 12.2 Å². The molecule has 0 aliphatic rings.